The number of aromatic nitrogens is 3. The van der Waals surface area contributed by atoms with E-state index in [-0.39, 0.29) is 11.2 Å². The molecule has 5 heteroatoms. The lowest BCUT2D eigenvalue weighted by Crippen LogP contribution is -2.18. The molecule has 4 aromatic rings. The first kappa shape index (κ1) is 16.1. The highest BCUT2D eigenvalue weighted by Crippen LogP contribution is 2.23. The van der Waals surface area contributed by atoms with E-state index < -0.39 is 0 Å². The molecule has 0 aliphatic rings. The maximum absolute atomic E-state index is 12.4. The lowest BCUT2D eigenvalue weighted by molar-refractivity contribution is 0.787. The molecule has 0 unspecified atom stereocenters. The van der Waals surface area contributed by atoms with E-state index in [1.165, 1.54) is 0 Å². The third-order valence-corrected chi connectivity index (χ3v) is 4.65. The Kier molecular flexibility index (Phi) is 3.84. The zero-order valence-corrected chi connectivity index (χ0v) is 14.7. The first-order valence-electron chi connectivity index (χ1n) is 8.47. The van der Waals surface area contributed by atoms with Gasteiger partial charge < -0.3 is 9.55 Å². The molecule has 4 rings (SSSR count). The fraction of sp³-hybridized carbons (Fsp3) is 0.143. The molecule has 1 N–H and O–H groups in total. The van der Waals surface area contributed by atoms with Crippen molar-refractivity contribution in [1.82, 2.24) is 14.1 Å². The van der Waals surface area contributed by atoms with Crippen LogP contribution < -0.4 is 11.2 Å². The molecule has 5 nitrogen and oxygen atoms in total. The summed E-state index contributed by atoms with van der Waals surface area (Å²) in [6, 6.07) is 17.7. The van der Waals surface area contributed by atoms with E-state index in [1.54, 1.807) is 16.2 Å². The smallest absolute Gasteiger partial charge is 0.318 e. The predicted octanol–water partition coefficient (Wildman–Crippen LogP) is 3.05. The number of pyridine rings is 1. The first-order valence-corrected chi connectivity index (χ1v) is 8.47. The van der Waals surface area contributed by atoms with Crippen molar-refractivity contribution >= 4 is 11.0 Å². The van der Waals surface area contributed by atoms with E-state index in [9.17, 15) is 9.59 Å². The zero-order chi connectivity index (χ0) is 18.3. The summed E-state index contributed by atoms with van der Waals surface area (Å²) < 4.78 is 3.33. The quantitative estimate of drug-likeness (QED) is 0.620. The Morgan fingerprint density at radius 2 is 1.73 bits per heavy atom. The van der Waals surface area contributed by atoms with Crippen LogP contribution in [0.5, 0.6) is 0 Å². The van der Waals surface area contributed by atoms with Gasteiger partial charge in [-0.1, -0.05) is 36.4 Å². The summed E-state index contributed by atoms with van der Waals surface area (Å²) in [5, 5.41) is 0. The van der Waals surface area contributed by atoms with E-state index >= 15 is 0 Å². The van der Waals surface area contributed by atoms with Crippen LogP contribution in [0.15, 0.2) is 70.4 Å². The van der Waals surface area contributed by atoms with Gasteiger partial charge in [-0.05, 0) is 41.8 Å². The summed E-state index contributed by atoms with van der Waals surface area (Å²) in [6.07, 6.45) is 1.82. The van der Waals surface area contributed by atoms with Gasteiger partial charge in [-0.2, -0.15) is 0 Å². The molecular weight excluding hydrogens is 326 g/mol. The fourth-order valence-corrected chi connectivity index (χ4v) is 3.29. The van der Waals surface area contributed by atoms with Crippen LogP contribution in [-0.2, 0) is 13.6 Å². The molecule has 0 amide bonds. The minimum Gasteiger partial charge on any atom is -0.318 e. The van der Waals surface area contributed by atoms with Gasteiger partial charge in [-0.3, -0.25) is 9.36 Å². The van der Waals surface area contributed by atoms with Crippen molar-refractivity contribution in [2.75, 3.05) is 0 Å². The summed E-state index contributed by atoms with van der Waals surface area (Å²) in [4.78, 5) is 27.3. The second-order valence-electron chi connectivity index (χ2n) is 6.56. The second-order valence-corrected chi connectivity index (χ2v) is 6.56. The van der Waals surface area contributed by atoms with Crippen molar-refractivity contribution < 1.29 is 0 Å². The second kappa shape index (κ2) is 6.19. The number of imidazole rings is 1. The van der Waals surface area contributed by atoms with E-state index in [2.05, 4.69) is 4.98 Å². The number of hydrogen-bond acceptors (Lipinski definition) is 2. The summed E-state index contributed by atoms with van der Waals surface area (Å²) >= 11 is 0. The number of nitrogens with one attached hydrogen (secondary N) is 1. The molecule has 2 aromatic carbocycles. The molecule has 0 bridgehead atoms. The molecule has 0 saturated heterocycles. The Hall–Kier alpha value is -3.34. The third-order valence-electron chi connectivity index (χ3n) is 4.65. The van der Waals surface area contributed by atoms with Gasteiger partial charge in [0.25, 0.3) is 5.56 Å². The topological polar surface area (TPSA) is 59.8 Å². The van der Waals surface area contributed by atoms with Gasteiger partial charge in [-0.15, -0.1) is 0 Å². The molecule has 0 atom stereocenters. The summed E-state index contributed by atoms with van der Waals surface area (Å²) in [5.41, 5.74) is 5.21. The van der Waals surface area contributed by atoms with E-state index in [4.69, 9.17) is 0 Å². The van der Waals surface area contributed by atoms with Gasteiger partial charge in [0.2, 0.25) is 0 Å². The molecule has 0 saturated carbocycles. The van der Waals surface area contributed by atoms with E-state index in [0.29, 0.717) is 12.1 Å². The summed E-state index contributed by atoms with van der Waals surface area (Å²) in [6.45, 7) is 2.32. The molecule has 0 radical (unpaired) electrons. The van der Waals surface area contributed by atoms with Crippen molar-refractivity contribution in [2.24, 2.45) is 7.05 Å². The van der Waals surface area contributed by atoms with Gasteiger partial charge in [0, 0.05) is 18.8 Å². The number of rotatable bonds is 3. The number of H-pyrrole nitrogens is 1. The average Bonchev–Trinajstić information content (AvgIpc) is 2.95. The van der Waals surface area contributed by atoms with Gasteiger partial charge in [0.1, 0.15) is 0 Å². The molecule has 2 heterocycles. The largest absolute Gasteiger partial charge is 0.326 e. The monoisotopic (exact) mass is 345 g/mol. The minimum absolute atomic E-state index is 0.00235. The molecule has 0 aliphatic heterocycles. The Labute approximate surface area is 150 Å². The number of nitrogens with zero attached hydrogens (tertiary/aromatic N) is 2. The Bertz CT molecular complexity index is 1190. The number of hydrogen-bond donors (Lipinski definition) is 1. The average molecular weight is 345 g/mol. The molecule has 0 spiro atoms. The van der Waals surface area contributed by atoms with Crippen molar-refractivity contribution in [3.05, 3.63) is 92.8 Å². The van der Waals surface area contributed by atoms with Crippen LogP contribution in [0.3, 0.4) is 0 Å². The van der Waals surface area contributed by atoms with Crippen molar-refractivity contribution in [3.8, 4) is 11.1 Å². The van der Waals surface area contributed by atoms with Crippen LogP contribution in [0.1, 0.15) is 11.1 Å². The van der Waals surface area contributed by atoms with Crippen molar-refractivity contribution in [2.45, 2.75) is 13.5 Å². The number of fused-ring (bicyclic) bond motifs is 1. The Balaban J connectivity index is 1.86. The normalized spacial score (nSPS) is 11.2. The van der Waals surface area contributed by atoms with Crippen molar-refractivity contribution in [3.63, 3.8) is 0 Å². The van der Waals surface area contributed by atoms with Crippen molar-refractivity contribution in [1.29, 1.82) is 0 Å². The molecule has 2 aromatic heterocycles. The maximum atomic E-state index is 12.4. The van der Waals surface area contributed by atoms with E-state index in [1.807, 2.05) is 67.7 Å². The lowest BCUT2D eigenvalue weighted by atomic mass is 10.1. The SMILES string of the molecule is Cc1cc(-c2ccc3[nH]c(=O)n(Cc4ccccc4)c3c2)cn(C)c1=O. The third kappa shape index (κ3) is 2.77. The highest BCUT2D eigenvalue weighted by Gasteiger charge is 2.10. The minimum atomic E-state index is -0.127. The molecule has 26 heavy (non-hydrogen) atoms. The molecule has 0 aliphatic carbocycles. The van der Waals surface area contributed by atoms with Crippen LogP contribution >= 0.6 is 0 Å². The fourth-order valence-electron chi connectivity index (χ4n) is 3.29. The lowest BCUT2D eigenvalue weighted by Gasteiger charge is -2.08. The Morgan fingerprint density at radius 3 is 2.46 bits per heavy atom. The standard InChI is InChI=1S/C21H19N3O2/c1-14-10-17(13-23(2)20(14)25)16-8-9-18-19(11-16)24(21(26)22-18)12-15-6-4-3-5-7-15/h3-11,13H,12H2,1-2H3,(H,22,26). The Morgan fingerprint density at radius 1 is 0.962 bits per heavy atom. The van der Waals surface area contributed by atoms with Gasteiger partial charge >= 0.3 is 5.69 Å². The predicted molar refractivity (Wildman–Crippen MR) is 104 cm³/mol. The molecule has 130 valence electrons. The summed E-state index contributed by atoms with van der Waals surface area (Å²) in [7, 11) is 1.75. The van der Waals surface area contributed by atoms with Crippen LogP contribution in [0.2, 0.25) is 0 Å². The summed E-state index contributed by atoms with van der Waals surface area (Å²) in [5.74, 6) is 0. The molecule has 0 fully saturated rings. The number of benzene rings is 2. The number of aromatic amines is 1. The first-order chi connectivity index (χ1) is 12.5. The molecular formula is C21H19N3O2. The zero-order valence-electron chi connectivity index (χ0n) is 14.7. The van der Waals surface area contributed by atoms with Gasteiger partial charge in [0.05, 0.1) is 17.6 Å². The maximum Gasteiger partial charge on any atom is 0.326 e. The number of aryl methyl sites for hydroxylation is 2. The van der Waals surface area contributed by atoms with Crippen LogP contribution in [0.25, 0.3) is 22.2 Å². The van der Waals surface area contributed by atoms with Crippen LogP contribution in [0, 0.1) is 6.92 Å². The highest BCUT2D eigenvalue weighted by atomic mass is 16.1. The van der Waals surface area contributed by atoms with Crippen LogP contribution in [0.4, 0.5) is 0 Å². The van der Waals surface area contributed by atoms with E-state index in [0.717, 1.165) is 27.7 Å². The highest BCUT2D eigenvalue weighted by molar-refractivity contribution is 5.82. The van der Waals surface area contributed by atoms with Gasteiger partial charge in [-0.25, -0.2) is 4.79 Å². The van der Waals surface area contributed by atoms with Crippen LogP contribution in [-0.4, -0.2) is 14.1 Å². The van der Waals surface area contributed by atoms with Gasteiger partial charge in [0.15, 0.2) is 0 Å².